The first-order valence-electron chi connectivity index (χ1n) is 7.14. The van der Waals surface area contributed by atoms with Gasteiger partial charge in [-0.05, 0) is 32.9 Å². The van der Waals surface area contributed by atoms with E-state index >= 15 is 0 Å². The van der Waals surface area contributed by atoms with Crippen LogP contribution in [0.15, 0.2) is 24.4 Å². The van der Waals surface area contributed by atoms with Gasteiger partial charge in [0, 0.05) is 37.9 Å². The van der Waals surface area contributed by atoms with Gasteiger partial charge in [0.2, 0.25) is 0 Å². The molecule has 21 heavy (non-hydrogen) atoms. The number of carbonyl (C=O) groups excluding carboxylic acids is 2. The zero-order valence-corrected chi connectivity index (χ0v) is 12.8. The Hall–Kier alpha value is -2.11. The third-order valence-corrected chi connectivity index (χ3v) is 3.22. The largest absolute Gasteiger partial charge is 0.334 e. The Bertz CT molecular complexity index is 502. The topological polar surface area (TPSA) is 65.5 Å². The number of rotatable bonds is 1. The van der Waals surface area contributed by atoms with Crippen molar-refractivity contribution >= 4 is 11.9 Å². The van der Waals surface area contributed by atoms with Gasteiger partial charge in [-0.1, -0.05) is 6.07 Å². The van der Waals surface area contributed by atoms with Crippen LogP contribution < -0.4 is 5.32 Å². The van der Waals surface area contributed by atoms with Gasteiger partial charge in [0.15, 0.2) is 0 Å². The number of urea groups is 1. The van der Waals surface area contributed by atoms with Crippen molar-refractivity contribution in [1.82, 2.24) is 20.1 Å². The van der Waals surface area contributed by atoms with Gasteiger partial charge in [-0.3, -0.25) is 9.78 Å². The maximum atomic E-state index is 12.2. The lowest BCUT2D eigenvalue weighted by Crippen LogP contribution is -2.56. The minimum absolute atomic E-state index is 0.0764. The molecule has 1 aromatic rings. The molecule has 0 atom stereocenters. The summed E-state index contributed by atoms with van der Waals surface area (Å²) >= 11 is 0. The van der Waals surface area contributed by atoms with E-state index in [4.69, 9.17) is 0 Å². The fourth-order valence-corrected chi connectivity index (χ4v) is 2.16. The first-order chi connectivity index (χ1) is 9.87. The van der Waals surface area contributed by atoms with Crippen LogP contribution in [0.1, 0.15) is 31.3 Å². The van der Waals surface area contributed by atoms with Gasteiger partial charge in [-0.25, -0.2) is 4.79 Å². The van der Waals surface area contributed by atoms with E-state index < -0.39 is 0 Å². The van der Waals surface area contributed by atoms with Crippen LogP contribution in [-0.4, -0.2) is 58.4 Å². The lowest BCUT2D eigenvalue weighted by atomic mass is 10.1. The van der Waals surface area contributed by atoms with E-state index in [2.05, 4.69) is 10.3 Å². The van der Waals surface area contributed by atoms with E-state index in [0.29, 0.717) is 31.9 Å². The van der Waals surface area contributed by atoms with Gasteiger partial charge in [0.1, 0.15) is 5.69 Å². The summed E-state index contributed by atoms with van der Waals surface area (Å²) in [6.07, 6.45) is 1.61. The van der Waals surface area contributed by atoms with E-state index in [-0.39, 0.29) is 17.5 Å². The van der Waals surface area contributed by atoms with E-state index in [9.17, 15) is 9.59 Å². The van der Waals surface area contributed by atoms with Gasteiger partial charge in [-0.15, -0.1) is 0 Å². The van der Waals surface area contributed by atoms with Crippen LogP contribution in [0.5, 0.6) is 0 Å². The quantitative estimate of drug-likeness (QED) is 0.849. The minimum atomic E-state index is -0.252. The monoisotopic (exact) mass is 290 g/mol. The van der Waals surface area contributed by atoms with Gasteiger partial charge in [0.05, 0.1) is 0 Å². The standard InChI is InChI=1S/C15H22N4O2/c1-15(2,3)17-14(21)19-10-8-18(9-11-19)13(20)12-6-4-5-7-16-12/h4-7H,8-11H2,1-3H3,(H,17,21). The van der Waals surface area contributed by atoms with Crippen molar-refractivity contribution in [3.63, 3.8) is 0 Å². The second-order valence-corrected chi connectivity index (χ2v) is 6.17. The Balaban J connectivity index is 1.89. The van der Waals surface area contributed by atoms with Crippen molar-refractivity contribution < 1.29 is 9.59 Å². The zero-order chi connectivity index (χ0) is 15.5. The van der Waals surface area contributed by atoms with Gasteiger partial charge in [0.25, 0.3) is 5.91 Å². The molecule has 1 N–H and O–H groups in total. The van der Waals surface area contributed by atoms with Crippen LogP contribution in [0.2, 0.25) is 0 Å². The van der Waals surface area contributed by atoms with Crippen LogP contribution in [-0.2, 0) is 0 Å². The van der Waals surface area contributed by atoms with Crippen molar-refractivity contribution in [3.05, 3.63) is 30.1 Å². The number of hydrogen-bond acceptors (Lipinski definition) is 3. The molecule has 6 heteroatoms. The molecule has 114 valence electrons. The number of nitrogens with one attached hydrogen (secondary N) is 1. The molecule has 0 aromatic carbocycles. The number of amides is 3. The molecule has 0 spiro atoms. The van der Waals surface area contributed by atoms with Crippen LogP contribution in [0.25, 0.3) is 0 Å². The second-order valence-electron chi connectivity index (χ2n) is 6.17. The summed E-state index contributed by atoms with van der Waals surface area (Å²) in [7, 11) is 0. The molecule has 2 rings (SSSR count). The fourth-order valence-electron chi connectivity index (χ4n) is 2.16. The molecule has 6 nitrogen and oxygen atoms in total. The Morgan fingerprint density at radius 2 is 1.71 bits per heavy atom. The first kappa shape index (κ1) is 15.3. The molecule has 1 aliphatic heterocycles. The van der Waals surface area contributed by atoms with Gasteiger partial charge in [-0.2, -0.15) is 0 Å². The Morgan fingerprint density at radius 3 is 2.24 bits per heavy atom. The molecular formula is C15H22N4O2. The molecule has 0 aliphatic carbocycles. The molecule has 0 radical (unpaired) electrons. The predicted octanol–water partition coefficient (Wildman–Crippen LogP) is 1.35. The van der Waals surface area contributed by atoms with Crippen molar-refractivity contribution in [3.8, 4) is 0 Å². The molecule has 2 heterocycles. The molecule has 1 aromatic heterocycles. The second kappa shape index (κ2) is 6.11. The number of aromatic nitrogens is 1. The number of carbonyl (C=O) groups is 2. The summed E-state index contributed by atoms with van der Waals surface area (Å²) in [5.74, 6) is -0.0773. The van der Waals surface area contributed by atoms with Crippen molar-refractivity contribution in [2.75, 3.05) is 26.2 Å². The number of nitrogens with zero attached hydrogens (tertiary/aromatic N) is 3. The fraction of sp³-hybridized carbons (Fsp3) is 0.533. The maximum absolute atomic E-state index is 12.2. The van der Waals surface area contributed by atoms with Crippen LogP contribution >= 0.6 is 0 Å². The summed E-state index contributed by atoms with van der Waals surface area (Å²) in [4.78, 5) is 31.9. The summed E-state index contributed by atoms with van der Waals surface area (Å²) in [6, 6.07) is 5.22. The third-order valence-electron chi connectivity index (χ3n) is 3.22. The smallest absolute Gasteiger partial charge is 0.317 e. The predicted molar refractivity (Wildman–Crippen MR) is 80.0 cm³/mol. The Morgan fingerprint density at radius 1 is 1.10 bits per heavy atom. The Kier molecular flexibility index (Phi) is 4.45. The van der Waals surface area contributed by atoms with E-state index in [1.54, 1.807) is 34.2 Å². The number of pyridine rings is 1. The molecule has 1 saturated heterocycles. The lowest BCUT2D eigenvalue weighted by molar-refractivity contribution is 0.0655. The molecule has 3 amide bonds. The average Bonchev–Trinajstić information content (AvgIpc) is 2.46. The first-order valence-corrected chi connectivity index (χ1v) is 7.14. The van der Waals surface area contributed by atoms with Crippen LogP contribution in [0.4, 0.5) is 4.79 Å². The highest BCUT2D eigenvalue weighted by molar-refractivity contribution is 5.92. The normalized spacial score (nSPS) is 15.8. The highest BCUT2D eigenvalue weighted by Crippen LogP contribution is 2.08. The third kappa shape index (κ3) is 4.18. The van der Waals surface area contributed by atoms with E-state index in [0.717, 1.165) is 0 Å². The molecule has 0 bridgehead atoms. The van der Waals surface area contributed by atoms with Crippen molar-refractivity contribution in [1.29, 1.82) is 0 Å². The summed E-state index contributed by atoms with van der Waals surface area (Å²) < 4.78 is 0. The Labute approximate surface area is 125 Å². The molecular weight excluding hydrogens is 268 g/mol. The molecule has 1 aliphatic rings. The summed E-state index contributed by atoms with van der Waals surface area (Å²) in [6.45, 7) is 8.00. The van der Waals surface area contributed by atoms with E-state index in [1.165, 1.54) is 0 Å². The molecule has 0 saturated carbocycles. The highest BCUT2D eigenvalue weighted by Gasteiger charge is 2.26. The van der Waals surface area contributed by atoms with Crippen LogP contribution in [0, 0.1) is 0 Å². The van der Waals surface area contributed by atoms with Gasteiger partial charge < -0.3 is 15.1 Å². The van der Waals surface area contributed by atoms with Crippen molar-refractivity contribution in [2.24, 2.45) is 0 Å². The van der Waals surface area contributed by atoms with Crippen molar-refractivity contribution in [2.45, 2.75) is 26.3 Å². The number of piperazine rings is 1. The molecule has 1 fully saturated rings. The minimum Gasteiger partial charge on any atom is -0.334 e. The molecule has 0 unspecified atom stereocenters. The highest BCUT2D eigenvalue weighted by atomic mass is 16.2. The van der Waals surface area contributed by atoms with Gasteiger partial charge >= 0.3 is 6.03 Å². The average molecular weight is 290 g/mol. The maximum Gasteiger partial charge on any atom is 0.317 e. The lowest BCUT2D eigenvalue weighted by Gasteiger charge is -2.36. The SMILES string of the molecule is CC(C)(C)NC(=O)N1CCN(C(=O)c2ccccn2)CC1. The summed E-state index contributed by atoms with van der Waals surface area (Å²) in [5.41, 5.74) is 0.197. The number of hydrogen-bond donors (Lipinski definition) is 1. The van der Waals surface area contributed by atoms with E-state index in [1.807, 2.05) is 20.8 Å². The zero-order valence-electron chi connectivity index (χ0n) is 12.8. The van der Waals surface area contributed by atoms with Crippen LogP contribution in [0.3, 0.4) is 0 Å². The summed E-state index contributed by atoms with van der Waals surface area (Å²) in [5, 5.41) is 2.94.